The summed E-state index contributed by atoms with van der Waals surface area (Å²) in [4.78, 5) is 16.6. The molecule has 0 spiro atoms. The quantitative estimate of drug-likeness (QED) is 0.711. The van der Waals surface area contributed by atoms with Crippen LogP contribution in [0.15, 0.2) is 23.7 Å². The van der Waals surface area contributed by atoms with E-state index >= 15 is 0 Å². The number of thiazole rings is 1. The van der Waals surface area contributed by atoms with Crippen molar-refractivity contribution >= 4 is 56.5 Å². The number of nitrogens with zero attached hydrogens (tertiary/aromatic N) is 2. The van der Waals surface area contributed by atoms with E-state index in [1.807, 2.05) is 16.0 Å². The van der Waals surface area contributed by atoms with Crippen molar-refractivity contribution in [2.75, 3.05) is 18.4 Å². The SMILES string of the molecule is O=C(Cn1c2c(c3cc(Cl)cc(Cl)c31)CCNCC2)Nc1nccs1. The molecule has 3 aromatic rings. The molecule has 2 N–H and O–H groups in total. The monoisotopic (exact) mass is 394 g/mol. The van der Waals surface area contributed by atoms with Crippen molar-refractivity contribution < 1.29 is 4.79 Å². The maximum atomic E-state index is 12.5. The van der Waals surface area contributed by atoms with E-state index in [2.05, 4.69) is 15.6 Å². The molecule has 0 saturated carbocycles. The molecule has 0 radical (unpaired) electrons. The van der Waals surface area contributed by atoms with Gasteiger partial charge in [0, 0.05) is 40.6 Å². The van der Waals surface area contributed by atoms with Crippen molar-refractivity contribution in [3.8, 4) is 0 Å². The third-order valence-corrected chi connectivity index (χ3v) is 5.56. The Kier molecular flexibility index (Phi) is 4.69. The lowest BCUT2D eigenvalue weighted by Gasteiger charge is -2.11. The van der Waals surface area contributed by atoms with E-state index in [0.717, 1.165) is 42.5 Å². The number of halogens is 2. The molecule has 1 aliphatic heterocycles. The molecular formula is C17H16Cl2N4OS. The summed E-state index contributed by atoms with van der Waals surface area (Å²) < 4.78 is 2.03. The van der Waals surface area contributed by atoms with E-state index < -0.39 is 0 Å². The fourth-order valence-corrected chi connectivity index (χ4v) is 4.54. The van der Waals surface area contributed by atoms with Gasteiger partial charge < -0.3 is 15.2 Å². The van der Waals surface area contributed by atoms with Crippen LogP contribution >= 0.6 is 34.5 Å². The number of benzene rings is 1. The lowest BCUT2D eigenvalue weighted by molar-refractivity contribution is -0.116. The van der Waals surface area contributed by atoms with Crippen LogP contribution in [0.25, 0.3) is 10.9 Å². The van der Waals surface area contributed by atoms with Gasteiger partial charge in [-0.2, -0.15) is 0 Å². The highest BCUT2D eigenvalue weighted by molar-refractivity contribution is 7.13. The smallest absolute Gasteiger partial charge is 0.246 e. The Balaban J connectivity index is 1.79. The summed E-state index contributed by atoms with van der Waals surface area (Å²) in [5, 5.41) is 10.9. The number of hydrogen-bond acceptors (Lipinski definition) is 4. The molecule has 5 nitrogen and oxygen atoms in total. The zero-order valence-corrected chi connectivity index (χ0v) is 15.6. The number of amides is 1. The highest BCUT2D eigenvalue weighted by Crippen LogP contribution is 2.35. The first-order valence-electron chi connectivity index (χ1n) is 8.02. The summed E-state index contributed by atoms with van der Waals surface area (Å²) in [6.45, 7) is 1.98. The second-order valence-electron chi connectivity index (χ2n) is 5.93. The number of anilines is 1. The molecule has 0 fully saturated rings. The first-order valence-corrected chi connectivity index (χ1v) is 9.66. The minimum atomic E-state index is -0.113. The Morgan fingerprint density at radius 1 is 1.32 bits per heavy atom. The van der Waals surface area contributed by atoms with Crippen molar-refractivity contribution in [1.82, 2.24) is 14.9 Å². The summed E-state index contributed by atoms with van der Waals surface area (Å²) in [5.41, 5.74) is 3.26. The molecule has 0 bridgehead atoms. The lowest BCUT2D eigenvalue weighted by Crippen LogP contribution is -2.21. The second-order valence-corrected chi connectivity index (χ2v) is 7.67. The van der Waals surface area contributed by atoms with E-state index in [-0.39, 0.29) is 12.5 Å². The molecule has 0 atom stereocenters. The summed E-state index contributed by atoms with van der Waals surface area (Å²) in [6, 6.07) is 3.68. The Bertz CT molecular complexity index is 936. The molecule has 3 heterocycles. The normalized spacial score (nSPS) is 14.3. The number of hydrogen-bond donors (Lipinski definition) is 2. The van der Waals surface area contributed by atoms with Crippen molar-refractivity contribution in [2.24, 2.45) is 0 Å². The number of aromatic nitrogens is 2. The van der Waals surface area contributed by atoms with Crippen LogP contribution in [0.3, 0.4) is 0 Å². The number of rotatable bonds is 3. The van der Waals surface area contributed by atoms with E-state index in [0.29, 0.717) is 15.2 Å². The van der Waals surface area contributed by atoms with Gasteiger partial charge in [0.15, 0.2) is 5.13 Å². The maximum absolute atomic E-state index is 12.5. The third kappa shape index (κ3) is 3.27. The Morgan fingerprint density at radius 3 is 2.96 bits per heavy atom. The van der Waals surface area contributed by atoms with Gasteiger partial charge in [0.1, 0.15) is 6.54 Å². The minimum absolute atomic E-state index is 0.113. The number of carbonyl (C=O) groups is 1. The van der Waals surface area contributed by atoms with Crippen LogP contribution < -0.4 is 10.6 Å². The summed E-state index contributed by atoms with van der Waals surface area (Å²) in [6.07, 6.45) is 3.41. The first-order chi connectivity index (χ1) is 12.1. The predicted molar refractivity (Wildman–Crippen MR) is 103 cm³/mol. The Labute approximate surface area is 159 Å². The van der Waals surface area contributed by atoms with Crippen LogP contribution in [0, 0.1) is 0 Å². The van der Waals surface area contributed by atoms with Gasteiger partial charge >= 0.3 is 0 Å². The molecule has 0 saturated heterocycles. The van der Waals surface area contributed by atoms with Crippen molar-refractivity contribution in [3.05, 3.63) is 45.0 Å². The van der Waals surface area contributed by atoms with Crippen LogP contribution in [-0.2, 0) is 24.2 Å². The first kappa shape index (κ1) is 16.8. The molecule has 1 amide bonds. The molecule has 1 aromatic carbocycles. The van der Waals surface area contributed by atoms with Gasteiger partial charge in [0.25, 0.3) is 0 Å². The van der Waals surface area contributed by atoms with Crippen LogP contribution in [0.5, 0.6) is 0 Å². The van der Waals surface area contributed by atoms with Crippen LogP contribution in [0.4, 0.5) is 5.13 Å². The van der Waals surface area contributed by atoms with E-state index in [4.69, 9.17) is 23.2 Å². The van der Waals surface area contributed by atoms with Crippen LogP contribution in [-0.4, -0.2) is 28.5 Å². The van der Waals surface area contributed by atoms with Crippen LogP contribution in [0.1, 0.15) is 11.3 Å². The number of nitrogens with one attached hydrogen (secondary N) is 2. The van der Waals surface area contributed by atoms with E-state index in [9.17, 15) is 4.79 Å². The molecule has 25 heavy (non-hydrogen) atoms. The molecule has 8 heteroatoms. The molecule has 0 aliphatic carbocycles. The summed E-state index contributed by atoms with van der Waals surface area (Å²) in [5.74, 6) is -0.113. The molecule has 1 aliphatic rings. The molecule has 130 valence electrons. The van der Waals surface area contributed by atoms with Gasteiger partial charge in [0.2, 0.25) is 5.91 Å². The zero-order chi connectivity index (χ0) is 17.4. The number of carbonyl (C=O) groups excluding carboxylic acids is 1. The molecule has 4 rings (SSSR count). The average Bonchev–Trinajstić information content (AvgIpc) is 3.07. The van der Waals surface area contributed by atoms with Crippen molar-refractivity contribution in [1.29, 1.82) is 0 Å². The molecular weight excluding hydrogens is 379 g/mol. The fraction of sp³-hybridized carbons (Fsp3) is 0.294. The highest BCUT2D eigenvalue weighted by Gasteiger charge is 2.22. The Hall–Kier alpha value is -1.60. The fourth-order valence-electron chi connectivity index (χ4n) is 3.40. The predicted octanol–water partition coefficient (Wildman–Crippen LogP) is 3.73. The van der Waals surface area contributed by atoms with Gasteiger partial charge in [-0.15, -0.1) is 11.3 Å². The minimum Gasteiger partial charge on any atom is -0.334 e. The maximum Gasteiger partial charge on any atom is 0.246 e. The van der Waals surface area contributed by atoms with Crippen molar-refractivity contribution in [3.63, 3.8) is 0 Å². The molecule has 0 unspecified atom stereocenters. The van der Waals surface area contributed by atoms with Gasteiger partial charge in [-0.3, -0.25) is 4.79 Å². The second kappa shape index (κ2) is 6.96. The highest BCUT2D eigenvalue weighted by atomic mass is 35.5. The van der Waals surface area contributed by atoms with Gasteiger partial charge in [-0.05, 0) is 30.7 Å². The zero-order valence-electron chi connectivity index (χ0n) is 13.3. The number of fused-ring (bicyclic) bond motifs is 3. The van der Waals surface area contributed by atoms with E-state index in [1.165, 1.54) is 16.9 Å². The van der Waals surface area contributed by atoms with Gasteiger partial charge in [-0.1, -0.05) is 23.2 Å². The molecule has 2 aromatic heterocycles. The van der Waals surface area contributed by atoms with Gasteiger partial charge in [-0.25, -0.2) is 4.98 Å². The average molecular weight is 395 g/mol. The lowest BCUT2D eigenvalue weighted by atomic mass is 10.1. The van der Waals surface area contributed by atoms with Crippen LogP contribution in [0.2, 0.25) is 10.0 Å². The van der Waals surface area contributed by atoms with Crippen molar-refractivity contribution in [2.45, 2.75) is 19.4 Å². The topological polar surface area (TPSA) is 59.0 Å². The third-order valence-electron chi connectivity index (χ3n) is 4.37. The van der Waals surface area contributed by atoms with E-state index in [1.54, 1.807) is 12.3 Å². The summed E-state index contributed by atoms with van der Waals surface area (Å²) >= 11 is 14.1. The summed E-state index contributed by atoms with van der Waals surface area (Å²) in [7, 11) is 0. The standard InChI is InChI=1S/C17H16Cl2N4OS/c18-10-7-12-11-1-3-20-4-2-14(11)23(16(12)13(19)8-10)9-15(24)22-17-21-5-6-25-17/h5-8,20H,1-4,9H2,(H,21,22,24). The Morgan fingerprint density at radius 2 is 2.16 bits per heavy atom. The largest absolute Gasteiger partial charge is 0.334 e. The van der Waals surface area contributed by atoms with Gasteiger partial charge in [0.05, 0.1) is 10.5 Å².